The molecular weight excluding hydrogens is 308 g/mol. The smallest absolute Gasteiger partial charge is 0.241 e. The molecule has 0 spiro atoms. The first kappa shape index (κ1) is 15.8. The highest BCUT2D eigenvalue weighted by Crippen LogP contribution is 2.22. The van der Waals surface area contributed by atoms with E-state index in [2.05, 4.69) is 19.9 Å². The third-order valence-corrected chi connectivity index (χ3v) is 4.91. The van der Waals surface area contributed by atoms with Crippen molar-refractivity contribution in [2.24, 2.45) is 0 Å². The number of piperidine rings is 1. The van der Waals surface area contributed by atoms with E-state index in [9.17, 15) is 0 Å². The monoisotopic (exact) mass is 332 g/mol. The molecular formula is C17H24N4O3. The van der Waals surface area contributed by atoms with E-state index in [1.807, 2.05) is 6.07 Å². The summed E-state index contributed by atoms with van der Waals surface area (Å²) < 4.78 is 16.0. The Morgan fingerprint density at radius 1 is 1.17 bits per heavy atom. The van der Waals surface area contributed by atoms with Crippen molar-refractivity contribution in [2.75, 3.05) is 39.4 Å². The van der Waals surface area contributed by atoms with Gasteiger partial charge < -0.3 is 13.7 Å². The molecule has 0 amide bonds. The van der Waals surface area contributed by atoms with Gasteiger partial charge in [-0.25, -0.2) is 0 Å². The van der Waals surface area contributed by atoms with Crippen LogP contribution >= 0.6 is 0 Å². The molecule has 0 saturated carbocycles. The first-order valence-electron chi connectivity index (χ1n) is 8.78. The average molecular weight is 332 g/mol. The van der Waals surface area contributed by atoms with Crippen LogP contribution in [0.25, 0.3) is 11.4 Å². The fourth-order valence-corrected chi connectivity index (χ4v) is 3.56. The van der Waals surface area contributed by atoms with Crippen molar-refractivity contribution in [2.45, 2.75) is 31.8 Å². The SMILES string of the molecule is c1cc(-c2noc(CN3CCCCC3CN3CCOCC3)n2)co1. The molecule has 24 heavy (non-hydrogen) atoms. The zero-order chi connectivity index (χ0) is 16.2. The Morgan fingerprint density at radius 2 is 2.08 bits per heavy atom. The number of morpholine rings is 1. The molecule has 0 radical (unpaired) electrons. The summed E-state index contributed by atoms with van der Waals surface area (Å²) >= 11 is 0. The van der Waals surface area contributed by atoms with Crippen LogP contribution in [0.2, 0.25) is 0 Å². The third-order valence-electron chi connectivity index (χ3n) is 4.91. The molecule has 7 nitrogen and oxygen atoms in total. The van der Waals surface area contributed by atoms with Gasteiger partial charge in [-0.3, -0.25) is 9.80 Å². The second-order valence-electron chi connectivity index (χ2n) is 6.56. The molecule has 1 unspecified atom stereocenters. The van der Waals surface area contributed by atoms with Gasteiger partial charge in [-0.15, -0.1) is 0 Å². The topological polar surface area (TPSA) is 67.8 Å². The standard InChI is InChI=1S/C17H24N4O3/c1-2-5-21(15(3-1)11-20-6-9-22-10-7-20)12-16-18-17(19-24-16)14-4-8-23-13-14/h4,8,13,15H,1-3,5-7,9-12H2. The number of ether oxygens (including phenoxy) is 1. The first-order chi connectivity index (χ1) is 11.9. The molecule has 1 atom stereocenters. The van der Waals surface area contributed by atoms with Gasteiger partial charge >= 0.3 is 0 Å². The number of nitrogens with zero attached hydrogens (tertiary/aromatic N) is 4. The lowest BCUT2D eigenvalue weighted by Gasteiger charge is -2.39. The summed E-state index contributed by atoms with van der Waals surface area (Å²) in [5, 5.41) is 4.07. The summed E-state index contributed by atoms with van der Waals surface area (Å²) in [6, 6.07) is 2.40. The Hall–Kier alpha value is -1.70. The van der Waals surface area contributed by atoms with E-state index in [4.69, 9.17) is 13.7 Å². The van der Waals surface area contributed by atoms with Crippen LogP contribution in [0.5, 0.6) is 0 Å². The molecule has 2 aliphatic heterocycles. The largest absolute Gasteiger partial charge is 0.472 e. The molecule has 2 aliphatic rings. The van der Waals surface area contributed by atoms with Gasteiger partial charge in [0.15, 0.2) is 0 Å². The van der Waals surface area contributed by atoms with Gasteiger partial charge in [0.2, 0.25) is 11.7 Å². The Bertz CT molecular complexity index is 622. The van der Waals surface area contributed by atoms with Crippen molar-refractivity contribution in [1.82, 2.24) is 19.9 Å². The van der Waals surface area contributed by atoms with Crippen molar-refractivity contribution >= 4 is 0 Å². The summed E-state index contributed by atoms with van der Waals surface area (Å²) in [6.07, 6.45) is 7.03. The minimum Gasteiger partial charge on any atom is -0.472 e. The van der Waals surface area contributed by atoms with Gasteiger partial charge in [-0.05, 0) is 25.5 Å². The van der Waals surface area contributed by atoms with E-state index in [0.717, 1.165) is 51.5 Å². The summed E-state index contributed by atoms with van der Waals surface area (Å²) in [4.78, 5) is 9.52. The van der Waals surface area contributed by atoms with Crippen LogP contribution in [0, 0.1) is 0 Å². The van der Waals surface area contributed by atoms with Crippen LogP contribution < -0.4 is 0 Å². The van der Waals surface area contributed by atoms with Crippen LogP contribution in [0.15, 0.2) is 27.5 Å². The molecule has 0 bridgehead atoms. The number of likely N-dealkylation sites (tertiary alicyclic amines) is 1. The van der Waals surface area contributed by atoms with Gasteiger partial charge in [-0.1, -0.05) is 11.6 Å². The fraction of sp³-hybridized carbons (Fsp3) is 0.647. The maximum Gasteiger partial charge on any atom is 0.241 e. The zero-order valence-electron chi connectivity index (χ0n) is 13.9. The van der Waals surface area contributed by atoms with Crippen molar-refractivity contribution < 1.29 is 13.7 Å². The van der Waals surface area contributed by atoms with Crippen molar-refractivity contribution in [3.8, 4) is 11.4 Å². The second-order valence-corrected chi connectivity index (χ2v) is 6.56. The van der Waals surface area contributed by atoms with Crippen molar-refractivity contribution in [3.05, 3.63) is 24.5 Å². The van der Waals surface area contributed by atoms with E-state index >= 15 is 0 Å². The molecule has 7 heteroatoms. The van der Waals surface area contributed by atoms with E-state index in [1.165, 1.54) is 19.3 Å². The molecule has 0 aliphatic carbocycles. The van der Waals surface area contributed by atoms with Crippen molar-refractivity contribution in [3.63, 3.8) is 0 Å². The molecule has 2 fully saturated rings. The second kappa shape index (κ2) is 7.46. The van der Waals surface area contributed by atoms with Gasteiger partial charge in [0.25, 0.3) is 0 Å². The highest BCUT2D eigenvalue weighted by atomic mass is 16.5. The number of rotatable bonds is 5. The van der Waals surface area contributed by atoms with Gasteiger partial charge in [0, 0.05) is 25.7 Å². The minimum absolute atomic E-state index is 0.557. The number of hydrogen-bond acceptors (Lipinski definition) is 7. The lowest BCUT2D eigenvalue weighted by atomic mass is 10.0. The van der Waals surface area contributed by atoms with E-state index in [1.54, 1.807) is 12.5 Å². The third kappa shape index (κ3) is 3.68. The summed E-state index contributed by atoms with van der Waals surface area (Å²) in [6.45, 7) is 6.70. The fourth-order valence-electron chi connectivity index (χ4n) is 3.56. The number of hydrogen-bond donors (Lipinski definition) is 0. The highest BCUT2D eigenvalue weighted by Gasteiger charge is 2.27. The van der Waals surface area contributed by atoms with Gasteiger partial charge in [0.05, 0.1) is 31.6 Å². The molecule has 4 heterocycles. The lowest BCUT2D eigenvalue weighted by molar-refractivity contribution is 0.0136. The Morgan fingerprint density at radius 3 is 2.92 bits per heavy atom. The number of aromatic nitrogens is 2. The van der Waals surface area contributed by atoms with E-state index in [-0.39, 0.29) is 0 Å². The highest BCUT2D eigenvalue weighted by molar-refractivity contribution is 5.51. The minimum atomic E-state index is 0.557. The first-order valence-corrected chi connectivity index (χ1v) is 8.78. The Balaban J connectivity index is 1.39. The Kier molecular flexibility index (Phi) is 4.91. The van der Waals surface area contributed by atoms with E-state index in [0.29, 0.717) is 17.8 Å². The van der Waals surface area contributed by atoms with Crippen LogP contribution in [0.3, 0.4) is 0 Å². The van der Waals surface area contributed by atoms with Crippen molar-refractivity contribution in [1.29, 1.82) is 0 Å². The zero-order valence-corrected chi connectivity index (χ0v) is 13.9. The molecule has 2 aromatic rings. The van der Waals surface area contributed by atoms with Gasteiger partial charge in [0.1, 0.15) is 6.26 Å². The summed E-state index contributed by atoms with van der Waals surface area (Å²) in [7, 11) is 0. The van der Waals surface area contributed by atoms with Gasteiger partial charge in [-0.2, -0.15) is 4.98 Å². The molecule has 4 rings (SSSR count). The maximum absolute atomic E-state index is 5.45. The maximum atomic E-state index is 5.45. The molecule has 2 aromatic heterocycles. The lowest BCUT2D eigenvalue weighted by Crippen LogP contribution is -2.49. The molecule has 130 valence electrons. The quantitative estimate of drug-likeness (QED) is 0.829. The normalized spacial score (nSPS) is 23.6. The van der Waals surface area contributed by atoms with Crippen LogP contribution in [-0.4, -0.2) is 65.4 Å². The predicted octanol–water partition coefficient (Wildman–Crippen LogP) is 2.02. The molecule has 2 saturated heterocycles. The molecule has 0 N–H and O–H groups in total. The number of furan rings is 1. The Labute approximate surface area is 141 Å². The predicted molar refractivity (Wildman–Crippen MR) is 87.3 cm³/mol. The van der Waals surface area contributed by atoms with E-state index < -0.39 is 0 Å². The van der Waals surface area contributed by atoms with Crippen LogP contribution in [0.1, 0.15) is 25.2 Å². The summed E-state index contributed by atoms with van der Waals surface area (Å²) in [5.74, 6) is 1.28. The summed E-state index contributed by atoms with van der Waals surface area (Å²) in [5.41, 5.74) is 0.855. The average Bonchev–Trinajstić information content (AvgIpc) is 3.29. The van der Waals surface area contributed by atoms with Crippen LogP contribution in [0.4, 0.5) is 0 Å². The van der Waals surface area contributed by atoms with Crippen LogP contribution in [-0.2, 0) is 11.3 Å². The molecule has 0 aromatic carbocycles.